The van der Waals surface area contributed by atoms with Crippen LogP contribution in [0.5, 0.6) is 11.5 Å². The van der Waals surface area contributed by atoms with Crippen molar-refractivity contribution >= 4 is 23.6 Å². The molecule has 2 N–H and O–H groups in total. The average Bonchev–Trinajstić information content (AvgIpc) is 3.96. The minimum Gasteiger partial charge on any atom is -0.493 e. The van der Waals surface area contributed by atoms with Crippen LogP contribution in [0.4, 0.5) is 0 Å². The van der Waals surface area contributed by atoms with Gasteiger partial charge in [-0.2, -0.15) is 4.98 Å². The third-order valence-corrected chi connectivity index (χ3v) is 8.96. The van der Waals surface area contributed by atoms with Gasteiger partial charge in [-0.15, -0.1) is 0 Å². The molecule has 1 fully saturated rings. The van der Waals surface area contributed by atoms with Crippen molar-refractivity contribution in [3.63, 3.8) is 0 Å². The summed E-state index contributed by atoms with van der Waals surface area (Å²) in [5.41, 5.74) is 1.13. The summed E-state index contributed by atoms with van der Waals surface area (Å²) in [4.78, 5) is 68.9. The standard InChI is InChI=1S/C36H42N8O8/c1-49-30-20-24-7-9-28(30)51-25-21-27(44(23-25)33(46)12-11-32-41-34(42-52-32)29-6-4-19-50-29)35(47)40-13-2-3-17-43(18-5-14-39-31(45)10-8-24)36(48)26-22-37-15-16-38-26/h4,6-7,9,15-16,19-20,22,25,27H,2-3,5,8,10-14,17-18,21,23H2,1H3,(H,39,45)(H,40,47)/t25-,27-/m0/s1. The van der Waals surface area contributed by atoms with Crippen LogP contribution in [0, 0.1) is 0 Å². The summed E-state index contributed by atoms with van der Waals surface area (Å²) in [7, 11) is 1.54. The van der Waals surface area contributed by atoms with E-state index in [0.717, 1.165) is 5.56 Å². The van der Waals surface area contributed by atoms with Gasteiger partial charge in [0.2, 0.25) is 29.4 Å². The topological polar surface area (TPSA) is 195 Å². The van der Waals surface area contributed by atoms with Crippen LogP contribution >= 0.6 is 0 Å². The molecule has 0 aliphatic carbocycles. The summed E-state index contributed by atoms with van der Waals surface area (Å²) >= 11 is 0. The van der Waals surface area contributed by atoms with Gasteiger partial charge in [0.25, 0.3) is 5.91 Å². The van der Waals surface area contributed by atoms with Crippen molar-refractivity contribution in [1.82, 2.24) is 40.5 Å². The molecule has 1 aromatic carbocycles. The van der Waals surface area contributed by atoms with E-state index in [0.29, 0.717) is 69.1 Å². The van der Waals surface area contributed by atoms with Crippen molar-refractivity contribution in [2.75, 3.05) is 39.8 Å². The second-order valence-electron chi connectivity index (χ2n) is 12.6. The second-order valence-corrected chi connectivity index (χ2v) is 12.6. The lowest BCUT2D eigenvalue weighted by molar-refractivity contribution is -0.138. The third-order valence-electron chi connectivity index (χ3n) is 8.96. The largest absolute Gasteiger partial charge is 0.493 e. The predicted octanol–water partition coefficient (Wildman–Crippen LogP) is 2.60. The molecule has 0 radical (unpaired) electrons. The molecule has 3 aliphatic rings. The number of aromatic nitrogens is 4. The lowest BCUT2D eigenvalue weighted by Crippen LogP contribution is -2.46. The minimum atomic E-state index is -0.768. The number of amides is 4. The Morgan fingerprint density at radius 2 is 1.90 bits per heavy atom. The van der Waals surface area contributed by atoms with E-state index < -0.39 is 12.1 Å². The normalized spacial score (nSPS) is 19.2. The quantitative estimate of drug-likeness (QED) is 0.297. The number of fused-ring (bicyclic) bond motifs is 15. The maximum atomic E-state index is 13.6. The fourth-order valence-electron chi connectivity index (χ4n) is 6.26. The van der Waals surface area contributed by atoms with Gasteiger partial charge in [0, 0.05) is 64.3 Å². The summed E-state index contributed by atoms with van der Waals surface area (Å²) in [6.07, 6.45) is 8.43. The molecule has 1 saturated heterocycles. The van der Waals surface area contributed by atoms with E-state index in [2.05, 4.69) is 30.7 Å². The average molecular weight is 715 g/mol. The van der Waals surface area contributed by atoms with Gasteiger partial charge in [-0.1, -0.05) is 11.2 Å². The number of nitrogens with zero attached hydrogens (tertiary/aromatic N) is 6. The number of furan rings is 1. The molecule has 16 nitrogen and oxygen atoms in total. The molecule has 4 bridgehead atoms. The molecule has 0 saturated carbocycles. The van der Waals surface area contributed by atoms with Gasteiger partial charge in [-0.3, -0.25) is 24.2 Å². The molecule has 3 aromatic heterocycles. The van der Waals surface area contributed by atoms with Crippen molar-refractivity contribution in [3.8, 4) is 23.1 Å². The number of benzene rings is 1. The van der Waals surface area contributed by atoms with Gasteiger partial charge in [0.1, 0.15) is 17.8 Å². The summed E-state index contributed by atoms with van der Waals surface area (Å²) in [6, 6.07) is 8.14. The number of carbonyl (C=O) groups is 4. The Morgan fingerprint density at radius 3 is 2.71 bits per heavy atom. The van der Waals surface area contributed by atoms with Crippen LogP contribution in [0.3, 0.4) is 0 Å². The van der Waals surface area contributed by atoms with Crippen LogP contribution in [-0.4, -0.2) is 106 Å². The number of methoxy groups -OCH3 is 1. The Balaban J connectivity index is 1.15. The summed E-state index contributed by atoms with van der Waals surface area (Å²) in [6.45, 7) is 1.78. The van der Waals surface area contributed by atoms with E-state index in [1.54, 1.807) is 28.0 Å². The Labute approximate surface area is 300 Å². The minimum absolute atomic E-state index is 0.0392. The van der Waals surface area contributed by atoms with Crippen LogP contribution in [-0.2, 0) is 27.2 Å². The van der Waals surface area contributed by atoms with Crippen LogP contribution in [0.25, 0.3) is 11.6 Å². The maximum absolute atomic E-state index is 13.6. The zero-order chi connectivity index (χ0) is 36.3. The van der Waals surface area contributed by atoms with E-state index in [-0.39, 0.29) is 73.3 Å². The molecule has 4 aromatic rings. The molecule has 16 heteroatoms. The summed E-state index contributed by atoms with van der Waals surface area (Å²) < 4.78 is 22.6. The number of carbonyl (C=O) groups excluding carboxylic acids is 4. The van der Waals surface area contributed by atoms with Crippen molar-refractivity contribution in [3.05, 3.63) is 72.3 Å². The highest BCUT2D eigenvalue weighted by Crippen LogP contribution is 2.32. The van der Waals surface area contributed by atoms with Crippen LogP contribution in [0.15, 0.2) is 64.1 Å². The smallest absolute Gasteiger partial charge is 0.274 e. The molecule has 7 rings (SSSR count). The molecular weight excluding hydrogens is 672 g/mol. The van der Waals surface area contributed by atoms with E-state index in [4.69, 9.17) is 18.4 Å². The first-order chi connectivity index (χ1) is 25.4. The number of likely N-dealkylation sites (tertiary alicyclic amines) is 1. The fourth-order valence-corrected chi connectivity index (χ4v) is 6.26. The lowest BCUT2D eigenvalue weighted by atomic mass is 10.1. The monoisotopic (exact) mass is 714 g/mol. The van der Waals surface area contributed by atoms with E-state index in [1.807, 2.05) is 12.1 Å². The highest BCUT2D eigenvalue weighted by molar-refractivity contribution is 5.92. The summed E-state index contributed by atoms with van der Waals surface area (Å²) in [5.74, 6) is 1.10. The van der Waals surface area contributed by atoms with Crippen LogP contribution in [0.1, 0.15) is 60.5 Å². The Kier molecular flexibility index (Phi) is 12.1. The second kappa shape index (κ2) is 17.4. The summed E-state index contributed by atoms with van der Waals surface area (Å²) in [5, 5.41) is 9.86. The fraction of sp³-hybridized carbons (Fsp3) is 0.444. The first kappa shape index (κ1) is 36.0. The SMILES string of the molecule is COc1cc2ccc1O[C@H]1C[C@@H](C(=O)NCCCCN(C(=O)c3cnccn3)CCCNC(=O)CC2)N(C(=O)CCc2nc(-c3ccco3)no2)C1. The zero-order valence-corrected chi connectivity index (χ0v) is 29.0. The Bertz CT molecular complexity index is 1820. The number of rotatable bonds is 6. The Morgan fingerprint density at radius 1 is 1.04 bits per heavy atom. The molecule has 274 valence electrons. The lowest BCUT2D eigenvalue weighted by Gasteiger charge is -2.24. The van der Waals surface area contributed by atoms with Crippen molar-refractivity contribution < 1.29 is 37.6 Å². The van der Waals surface area contributed by atoms with Gasteiger partial charge in [-0.05, 0) is 55.5 Å². The van der Waals surface area contributed by atoms with Gasteiger partial charge < -0.3 is 38.8 Å². The molecule has 0 unspecified atom stereocenters. The molecule has 3 aliphatic heterocycles. The van der Waals surface area contributed by atoms with Crippen LogP contribution < -0.4 is 20.1 Å². The zero-order valence-electron chi connectivity index (χ0n) is 29.0. The first-order valence-corrected chi connectivity index (χ1v) is 17.5. The highest BCUT2D eigenvalue weighted by Gasteiger charge is 2.41. The van der Waals surface area contributed by atoms with Crippen molar-refractivity contribution in [2.24, 2.45) is 0 Å². The molecule has 4 amide bonds. The number of ether oxygens (including phenoxy) is 2. The van der Waals surface area contributed by atoms with Gasteiger partial charge >= 0.3 is 0 Å². The van der Waals surface area contributed by atoms with Gasteiger partial charge in [0.05, 0.1) is 26.1 Å². The number of hydrogen-bond acceptors (Lipinski definition) is 12. The Hall–Kier alpha value is -5.80. The van der Waals surface area contributed by atoms with Gasteiger partial charge in [0.15, 0.2) is 17.3 Å². The van der Waals surface area contributed by atoms with E-state index in [1.165, 1.54) is 32.0 Å². The predicted molar refractivity (Wildman–Crippen MR) is 184 cm³/mol. The maximum Gasteiger partial charge on any atom is 0.274 e. The van der Waals surface area contributed by atoms with Crippen molar-refractivity contribution in [1.29, 1.82) is 0 Å². The molecule has 0 spiro atoms. The highest BCUT2D eigenvalue weighted by atomic mass is 16.5. The number of aryl methyl sites for hydroxylation is 2. The van der Waals surface area contributed by atoms with E-state index in [9.17, 15) is 19.2 Å². The van der Waals surface area contributed by atoms with Gasteiger partial charge in [-0.25, -0.2) is 4.98 Å². The molecule has 52 heavy (non-hydrogen) atoms. The molecular formula is C36H42N8O8. The molecule has 2 atom stereocenters. The molecule has 6 heterocycles. The number of hydrogen-bond donors (Lipinski definition) is 2. The number of nitrogens with one attached hydrogen (secondary N) is 2. The van der Waals surface area contributed by atoms with E-state index >= 15 is 0 Å². The first-order valence-electron chi connectivity index (χ1n) is 17.5. The third kappa shape index (κ3) is 9.30. The van der Waals surface area contributed by atoms with Crippen molar-refractivity contribution in [2.45, 2.75) is 63.5 Å². The van der Waals surface area contributed by atoms with Crippen LogP contribution in [0.2, 0.25) is 0 Å².